The molecule has 0 spiro atoms. The summed E-state index contributed by atoms with van der Waals surface area (Å²) < 4.78 is 0. The molecular formula is C24H40N4O4. The molecule has 1 atom stereocenters. The number of likely N-dealkylation sites (tertiary alicyclic amines) is 1. The van der Waals surface area contributed by atoms with Crippen molar-refractivity contribution in [2.24, 2.45) is 11.8 Å². The number of hydrogen-bond acceptors (Lipinski definition) is 6. The third kappa shape index (κ3) is 8.39. The summed E-state index contributed by atoms with van der Waals surface area (Å²) >= 11 is 0. The average molecular weight is 449 g/mol. The van der Waals surface area contributed by atoms with E-state index in [1.54, 1.807) is 6.07 Å². The minimum absolute atomic E-state index is 0.0918. The van der Waals surface area contributed by atoms with E-state index in [0.29, 0.717) is 37.0 Å². The van der Waals surface area contributed by atoms with Crippen molar-refractivity contribution in [3.63, 3.8) is 0 Å². The predicted octanol–water partition coefficient (Wildman–Crippen LogP) is 4.00. The van der Waals surface area contributed by atoms with Crippen molar-refractivity contribution >= 4 is 17.3 Å². The molecule has 2 rings (SSSR count). The fraction of sp³-hybridized carbons (Fsp3) is 0.708. The van der Waals surface area contributed by atoms with Crippen LogP contribution in [0.1, 0.15) is 63.7 Å². The highest BCUT2D eigenvalue weighted by Crippen LogP contribution is 2.26. The Morgan fingerprint density at radius 3 is 2.28 bits per heavy atom. The summed E-state index contributed by atoms with van der Waals surface area (Å²) in [6.07, 6.45) is 3.45. The van der Waals surface area contributed by atoms with Gasteiger partial charge in [-0.15, -0.1) is 0 Å². The molecule has 8 heteroatoms. The second-order valence-electron chi connectivity index (χ2n) is 9.69. The van der Waals surface area contributed by atoms with Gasteiger partial charge < -0.3 is 20.2 Å². The van der Waals surface area contributed by atoms with Gasteiger partial charge in [-0.25, -0.2) is 0 Å². The Kier molecular flexibility index (Phi) is 10.4. The molecule has 0 bridgehead atoms. The number of hydrogen-bond donors (Lipinski definition) is 2. The van der Waals surface area contributed by atoms with Gasteiger partial charge in [0.05, 0.1) is 11.0 Å². The molecule has 1 aromatic carbocycles. The van der Waals surface area contributed by atoms with Crippen LogP contribution >= 0.6 is 0 Å². The molecule has 0 radical (unpaired) electrons. The Morgan fingerprint density at radius 1 is 1.16 bits per heavy atom. The Balaban J connectivity index is 2.13. The second-order valence-corrected chi connectivity index (χ2v) is 9.69. The van der Waals surface area contributed by atoms with E-state index >= 15 is 0 Å². The number of nitrogens with one attached hydrogen (secondary N) is 1. The minimum Gasteiger partial charge on any atom is -0.390 e. The van der Waals surface area contributed by atoms with Crippen molar-refractivity contribution in [1.29, 1.82) is 0 Å². The van der Waals surface area contributed by atoms with Crippen LogP contribution in [0.4, 0.5) is 11.4 Å². The van der Waals surface area contributed by atoms with Gasteiger partial charge in [0.25, 0.3) is 11.6 Å². The Morgan fingerprint density at radius 2 is 1.75 bits per heavy atom. The summed E-state index contributed by atoms with van der Waals surface area (Å²) in [7, 11) is 0. The number of aliphatic hydroxyl groups excluding tert-OH is 1. The van der Waals surface area contributed by atoms with E-state index in [-0.39, 0.29) is 23.8 Å². The molecule has 32 heavy (non-hydrogen) atoms. The number of nitrogens with zero attached hydrogens (tertiary/aromatic N) is 3. The molecule has 1 saturated heterocycles. The van der Waals surface area contributed by atoms with Crippen molar-refractivity contribution in [3.8, 4) is 0 Å². The second kappa shape index (κ2) is 12.7. The third-order valence-electron chi connectivity index (χ3n) is 5.88. The lowest BCUT2D eigenvalue weighted by Crippen LogP contribution is -2.35. The van der Waals surface area contributed by atoms with E-state index in [9.17, 15) is 20.0 Å². The lowest BCUT2D eigenvalue weighted by Gasteiger charge is -2.25. The molecule has 1 aliphatic rings. The molecule has 1 aliphatic heterocycles. The van der Waals surface area contributed by atoms with Crippen LogP contribution in [0, 0.1) is 22.0 Å². The molecule has 1 amide bonds. The maximum atomic E-state index is 13.2. The van der Waals surface area contributed by atoms with Gasteiger partial charge in [0, 0.05) is 37.8 Å². The van der Waals surface area contributed by atoms with Crippen molar-refractivity contribution in [2.45, 2.75) is 59.5 Å². The molecule has 180 valence electrons. The highest BCUT2D eigenvalue weighted by molar-refractivity contribution is 5.96. The first kappa shape index (κ1) is 26.1. The van der Waals surface area contributed by atoms with Crippen molar-refractivity contribution in [3.05, 3.63) is 33.9 Å². The molecule has 1 aromatic rings. The van der Waals surface area contributed by atoms with E-state index in [4.69, 9.17) is 0 Å². The fourth-order valence-corrected chi connectivity index (χ4v) is 3.85. The lowest BCUT2D eigenvalue weighted by atomic mass is 10.1. The van der Waals surface area contributed by atoms with Crippen LogP contribution in [0.25, 0.3) is 0 Å². The first-order valence-corrected chi connectivity index (χ1v) is 11.9. The summed E-state index contributed by atoms with van der Waals surface area (Å²) in [6, 6.07) is 4.47. The Hall–Kier alpha value is -2.19. The Labute approximate surface area is 192 Å². The molecule has 0 saturated carbocycles. The van der Waals surface area contributed by atoms with E-state index in [1.165, 1.54) is 12.1 Å². The predicted molar refractivity (Wildman–Crippen MR) is 128 cm³/mol. The van der Waals surface area contributed by atoms with E-state index in [1.807, 2.05) is 4.90 Å². The molecule has 8 nitrogen and oxygen atoms in total. The monoisotopic (exact) mass is 448 g/mol. The topological polar surface area (TPSA) is 99.0 Å². The van der Waals surface area contributed by atoms with Gasteiger partial charge in [-0.2, -0.15) is 0 Å². The fourth-order valence-electron chi connectivity index (χ4n) is 3.85. The maximum absolute atomic E-state index is 13.2. The standard InChI is InChI=1S/C24H40N4O4/c1-18(2)9-13-27(14-10-19(3)4)24(30)20-7-8-23(28(31)32)22(15-20)25-16-21(29)17-26-11-5-6-12-26/h7-8,15,18-19,21,25,29H,5-6,9-14,16-17H2,1-4H3. The van der Waals surface area contributed by atoms with Crippen molar-refractivity contribution < 1.29 is 14.8 Å². The molecule has 1 fully saturated rings. The van der Waals surface area contributed by atoms with Crippen LogP contribution in [0.3, 0.4) is 0 Å². The largest absolute Gasteiger partial charge is 0.390 e. The number of anilines is 1. The summed E-state index contributed by atoms with van der Waals surface area (Å²) in [5, 5.41) is 24.9. The van der Waals surface area contributed by atoms with Gasteiger partial charge in [-0.1, -0.05) is 27.7 Å². The number of nitro benzene ring substituents is 1. The van der Waals surface area contributed by atoms with Crippen LogP contribution in [0.15, 0.2) is 18.2 Å². The Bertz CT molecular complexity index is 736. The van der Waals surface area contributed by atoms with Crippen LogP contribution in [-0.2, 0) is 0 Å². The van der Waals surface area contributed by atoms with Gasteiger partial charge in [0.15, 0.2) is 0 Å². The first-order chi connectivity index (χ1) is 15.2. The highest BCUT2D eigenvalue weighted by atomic mass is 16.6. The van der Waals surface area contributed by atoms with E-state index < -0.39 is 11.0 Å². The van der Waals surface area contributed by atoms with Crippen LogP contribution in [-0.4, -0.2) is 71.1 Å². The summed E-state index contributed by atoms with van der Waals surface area (Å²) in [5.74, 6) is 0.855. The van der Waals surface area contributed by atoms with Crippen LogP contribution in [0.5, 0.6) is 0 Å². The molecule has 0 aromatic heterocycles. The van der Waals surface area contributed by atoms with Crippen LogP contribution < -0.4 is 5.32 Å². The van der Waals surface area contributed by atoms with E-state index in [0.717, 1.165) is 38.8 Å². The van der Waals surface area contributed by atoms with Gasteiger partial charge in [0.1, 0.15) is 5.69 Å². The zero-order valence-corrected chi connectivity index (χ0v) is 20.0. The number of benzene rings is 1. The zero-order chi connectivity index (χ0) is 23.7. The van der Waals surface area contributed by atoms with Gasteiger partial charge >= 0.3 is 0 Å². The zero-order valence-electron chi connectivity index (χ0n) is 20.0. The summed E-state index contributed by atoms with van der Waals surface area (Å²) in [6.45, 7) is 12.5. The molecule has 1 unspecified atom stereocenters. The normalized spacial score (nSPS) is 15.3. The average Bonchev–Trinajstić information content (AvgIpc) is 3.24. The third-order valence-corrected chi connectivity index (χ3v) is 5.88. The van der Waals surface area contributed by atoms with Gasteiger partial charge in [-0.05, 0) is 62.7 Å². The smallest absolute Gasteiger partial charge is 0.292 e. The number of carbonyl (C=O) groups excluding carboxylic acids is 1. The number of aliphatic hydroxyl groups is 1. The lowest BCUT2D eigenvalue weighted by molar-refractivity contribution is -0.384. The summed E-state index contributed by atoms with van der Waals surface area (Å²) in [5.41, 5.74) is 0.611. The molecule has 1 heterocycles. The van der Waals surface area contributed by atoms with Crippen molar-refractivity contribution in [2.75, 3.05) is 44.6 Å². The SMILES string of the molecule is CC(C)CCN(CCC(C)C)C(=O)c1ccc([N+](=O)[O-])c(NCC(O)CN2CCCC2)c1. The molecule has 2 N–H and O–H groups in total. The quantitative estimate of drug-likeness (QED) is 0.350. The number of carbonyl (C=O) groups is 1. The number of rotatable bonds is 13. The van der Waals surface area contributed by atoms with Gasteiger partial charge in [0.2, 0.25) is 0 Å². The number of amides is 1. The summed E-state index contributed by atoms with van der Waals surface area (Å²) in [4.78, 5) is 28.3. The highest BCUT2D eigenvalue weighted by Gasteiger charge is 2.22. The molecular weight excluding hydrogens is 408 g/mol. The molecule has 0 aliphatic carbocycles. The first-order valence-electron chi connectivity index (χ1n) is 11.9. The number of nitro groups is 1. The van der Waals surface area contributed by atoms with Gasteiger partial charge in [-0.3, -0.25) is 14.9 Å². The maximum Gasteiger partial charge on any atom is 0.292 e. The number of β-amino-alcohol motifs (C(OH)–C–C–N with tert-alkyl or cyclic N) is 1. The van der Waals surface area contributed by atoms with Crippen molar-refractivity contribution in [1.82, 2.24) is 9.80 Å². The van der Waals surface area contributed by atoms with E-state index in [2.05, 4.69) is 37.9 Å². The minimum atomic E-state index is -0.638. The van der Waals surface area contributed by atoms with Crippen LogP contribution in [0.2, 0.25) is 0 Å².